The molecule has 0 spiro atoms. The molecule has 0 aliphatic carbocycles. The topological polar surface area (TPSA) is 82.2 Å². The van der Waals surface area contributed by atoms with Crippen LogP contribution in [0.4, 0.5) is 0 Å². The van der Waals surface area contributed by atoms with Crippen LogP contribution in [0, 0.1) is 23.2 Å². The summed E-state index contributed by atoms with van der Waals surface area (Å²) < 4.78 is 0. The van der Waals surface area contributed by atoms with Crippen molar-refractivity contribution in [2.45, 2.75) is 13.3 Å². The van der Waals surface area contributed by atoms with E-state index < -0.39 is 0 Å². The highest BCUT2D eigenvalue weighted by Crippen LogP contribution is 2.21. The van der Waals surface area contributed by atoms with E-state index in [1.807, 2.05) is 6.07 Å². The molecule has 1 heterocycles. The zero-order valence-corrected chi connectivity index (χ0v) is 9.78. The molecule has 90 valence electrons. The largest absolute Gasteiger partial charge is 0.342 e. The summed E-state index contributed by atoms with van der Waals surface area (Å²) in [5.41, 5.74) is 5.70. The summed E-state index contributed by atoms with van der Waals surface area (Å²) in [7, 11) is 0. The molecule has 0 bridgehead atoms. The number of hydrogen-bond donors (Lipinski definition) is 2. The molecule has 1 saturated heterocycles. The van der Waals surface area contributed by atoms with E-state index in [9.17, 15) is 4.79 Å². The molecular weight excluding hydrogens is 204 g/mol. The highest BCUT2D eigenvalue weighted by molar-refractivity contribution is 5.78. The molecule has 0 radical (unpaired) electrons. The zero-order valence-electron chi connectivity index (χ0n) is 9.78. The lowest BCUT2D eigenvalue weighted by atomic mass is 9.87. The van der Waals surface area contributed by atoms with E-state index in [2.05, 4.69) is 17.1 Å². The van der Waals surface area contributed by atoms with E-state index in [0.29, 0.717) is 24.9 Å². The Morgan fingerprint density at radius 1 is 1.69 bits per heavy atom. The molecule has 0 saturated carbocycles. The number of carbonyl (C=O) groups is 1. The van der Waals surface area contributed by atoms with Gasteiger partial charge in [-0.05, 0) is 31.3 Å². The minimum Gasteiger partial charge on any atom is -0.342 e. The number of nitrogens with zero attached hydrogens (tertiary/aromatic N) is 2. The lowest BCUT2D eigenvalue weighted by Gasteiger charge is -2.36. The fourth-order valence-corrected chi connectivity index (χ4v) is 2.07. The summed E-state index contributed by atoms with van der Waals surface area (Å²) in [5.74, 6) is 1.05. The Hall–Kier alpha value is -1.12. The summed E-state index contributed by atoms with van der Waals surface area (Å²) in [4.78, 5) is 13.5. The second-order valence-corrected chi connectivity index (χ2v) is 4.43. The van der Waals surface area contributed by atoms with Crippen LogP contribution in [0.15, 0.2) is 0 Å². The van der Waals surface area contributed by atoms with Crippen LogP contribution in [0.3, 0.4) is 0 Å². The lowest BCUT2D eigenvalue weighted by molar-refractivity contribution is -0.122. The maximum Gasteiger partial charge on any atom is 0.235 e. The molecule has 0 aromatic heterocycles. The summed E-state index contributed by atoms with van der Waals surface area (Å²) in [5, 5.41) is 10.9. The first kappa shape index (κ1) is 12.9. The SMILES string of the molecule is CC1CCN(CC(=O)NCC#N)CC1CN. The van der Waals surface area contributed by atoms with Crippen molar-refractivity contribution in [3.8, 4) is 6.07 Å². The Morgan fingerprint density at radius 3 is 3.06 bits per heavy atom. The van der Waals surface area contributed by atoms with Crippen molar-refractivity contribution in [3.63, 3.8) is 0 Å². The van der Waals surface area contributed by atoms with Gasteiger partial charge in [0.05, 0.1) is 12.6 Å². The van der Waals surface area contributed by atoms with E-state index >= 15 is 0 Å². The van der Waals surface area contributed by atoms with Gasteiger partial charge < -0.3 is 11.1 Å². The number of nitriles is 1. The molecule has 0 aromatic rings. The first-order chi connectivity index (χ1) is 7.67. The monoisotopic (exact) mass is 224 g/mol. The zero-order chi connectivity index (χ0) is 12.0. The minimum absolute atomic E-state index is 0.0770. The fourth-order valence-electron chi connectivity index (χ4n) is 2.07. The van der Waals surface area contributed by atoms with Gasteiger partial charge >= 0.3 is 0 Å². The molecule has 2 atom stereocenters. The van der Waals surface area contributed by atoms with Crippen molar-refractivity contribution in [3.05, 3.63) is 0 Å². The predicted molar refractivity (Wildman–Crippen MR) is 61.4 cm³/mol. The van der Waals surface area contributed by atoms with Gasteiger partial charge in [-0.1, -0.05) is 6.92 Å². The Bertz CT molecular complexity index is 274. The van der Waals surface area contributed by atoms with Gasteiger partial charge in [-0.25, -0.2) is 0 Å². The Kier molecular flexibility index (Phi) is 5.23. The Labute approximate surface area is 96.6 Å². The second-order valence-electron chi connectivity index (χ2n) is 4.43. The number of likely N-dealkylation sites (tertiary alicyclic amines) is 1. The van der Waals surface area contributed by atoms with Crippen molar-refractivity contribution in [1.82, 2.24) is 10.2 Å². The van der Waals surface area contributed by atoms with Crippen molar-refractivity contribution in [1.29, 1.82) is 5.26 Å². The van der Waals surface area contributed by atoms with Gasteiger partial charge in [-0.3, -0.25) is 9.69 Å². The number of piperidine rings is 1. The molecule has 1 amide bonds. The molecular formula is C11H20N4O. The van der Waals surface area contributed by atoms with Crippen LogP contribution in [0.1, 0.15) is 13.3 Å². The Morgan fingerprint density at radius 2 is 2.44 bits per heavy atom. The van der Waals surface area contributed by atoms with Gasteiger partial charge in [0.2, 0.25) is 5.91 Å². The van der Waals surface area contributed by atoms with Crippen LogP contribution in [-0.2, 0) is 4.79 Å². The standard InChI is InChI=1S/C11H20N4O/c1-9-2-5-15(7-10(9)6-13)8-11(16)14-4-3-12/h9-10H,2,4-8,13H2,1H3,(H,14,16). The molecule has 2 unspecified atom stereocenters. The van der Waals surface area contributed by atoms with Crippen LogP contribution >= 0.6 is 0 Å². The van der Waals surface area contributed by atoms with Crippen LogP contribution in [0.5, 0.6) is 0 Å². The molecule has 1 aliphatic heterocycles. The first-order valence-electron chi connectivity index (χ1n) is 5.73. The average Bonchev–Trinajstić information content (AvgIpc) is 2.29. The van der Waals surface area contributed by atoms with Crippen LogP contribution < -0.4 is 11.1 Å². The summed E-state index contributed by atoms with van der Waals surface area (Å²) in [6.45, 7) is 5.19. The van der Waals surface area contributed by atoms with Gasteiger partial charge in [0, 0.05) is 6.54 Å². The number of nitrogens with one attached hydrogen (secondary N) is 1. The lowest BCUT2D eigenvalue weighted by Crippen LogP contribution is -2.46. The van der Waals surface area contributed by atoms with E-state index in [1.165, 1.54) is 0 Å². The predicted octanol–water partition coefficient (Wildman–Crippen LogP) is -0.457. The molecule has 1 aliphatic rings. The molecule has 3 N–H and O–H groups in total. The molecule has 5 nitrogen and oxygen atoms in total. The Balaban J connectivity index is 2.33. The van der Waals surface area contributed by atoms with Gasteiger partial charge in [0.1, 0.15) is 6.54 Å². The van der Waals surface area contributed by atoms with Gasteiger partial charge in [0.25, 0.3) is 0 Å². The van der Waals surface area contributed by atoms with Crippen LogP contribution in [-0.4, -0.2) is 43.5 Å². The highest BCUT2D eigenvalue weighted by atomic mass is 16.2. The molecule has 5 heteroatoms. The number of hydrogen-bond acceptors (Lipinski definition) is 4. The van der Waals surface area contributed by atoms with Gasteiger partial charge in [0.15, 0.2) is 0 Å². The maximum atomic E-state index is 11.4. The number of nitrogens with two attached hydrogens (primary N) is 1. The summed E-state index contributed by atoms with van der Waals surface area (Å²) >= 11 is 0. The van der Waals surface area contributed by atoms with E-state index in [1.54, 1.807) is 0 Å². The van der Waals surface area contributed by atoms with E-state index in [-0.39, 0.29) is 12.5 Å². The molecule has 1 rings (SSSR count). The number of amides is 1. The van der Waals surface area contributed by atoms with Crippen molar-refractivity contribution in [2.75, 3.05) is 32.7 Å². The first-order valence-corrected chi connectivity index (χ1v) is 5.73. The minimum atomic E-state index is -0.0770. The fraction of sp³-hybridized carbons (Fsp3) is 0.818. The normalized spacial score (nSPS) is 26.1. The van der Waals surface area contributed by atoms with Crippen LogP contribution in [0.25, 0.3) is 0 Å². The van der Waals surface area contributed by atoms with Crippen LogP contribution in [0.2, 0.25) is 0 Å². The molecule has 0 aromatic carbocycles. The third-order valence-electron chi connectivity index (χ3n) is 3.23. The third-order valence-corrected chi connectivity index (χ3v) is 3.23. The van der Waals surface area contributed by atoms with Crippen molar-refractivity contribution >= 4 is 5.91 Å². The summed E-state index contributed by atoms with van der Waals surface area (Å²) in [6, 6.07) is 1.89. The molecule has 1 fully saturated rings. The average molecular weight is 224 g/mol. The summed E-state index contributed by atoms with van der Waals surface area (Å²) in [6.07, 6.45) is 1.09. The number of carbonyl (C=O) groups excluding carboxylic acids is 1. The smallest absolute Gasteiger partial charge is 0.235 e. The molecule has 16 heavy (non-hydrogen) atoms. The van der Waals surface area contributed by atoms with Gasteiger partial charge in [-0.2, -0.15) is 5.26 Å². The maximum absolute atomic E-state index is 11.4. The number of rotatable bonds is 4. The quantitative estimate of drug-likeness (QED) is 0.633. The van der Waals surface area contributed by atoms with E-state index in [4.69, 9.17) is 11.0 Å². The van der Waals surface area contributed by atoms with Crippen molar-refractivity contribution in [2.24, 2.45) is 17.6 Å². The third kappa shape index (κ3) is 3.80. The van der Waals surface area contributed by atoms with Crippen molar-refractivity contribution < 1.29 is 4.79 Å². The highest BCUT2D eigenvalue weighted by Gasteiger charge is 2.25. The van der Waals surface area contributed by atoms with Gasteiger partial charge in [-0.15, -0.1) is 0 Å². The second kappa shape index (κ2) is 6.46. The van der Waals surface area contributed by atoms with E-state index in [0.717, 1.165) is 19.5 Å².